The highest BCUT2D eigenvalue weighted by molar-refractivity contribution is 5.97. The Morgan fingerprint density at radius 3 is 1.23 bits per heavy atom. The number of rotatable bonds is 25. The third-order valence-electron chi connectivity index (χ3n) is 10.7. The molecule has 0 unspecified atom stereocenters. The summed E-state index contributed by atoms with van der Waals surface area (Å²) < 4.78 is 0. The Balaban J connectivity index is 6.21. The van der Waals surface area contributed by atoms with Crippen molar-refractivity contribution in [3.05, 3.63) is 0 Å². The highest BCUT2D eigenvalue weighted by Crippen LogP contribution is 2.21. The van der Waals surface area contributed by atoms with Crippen LogP contribution in [0.2, 0.25) is 0 Å². The summed E-state index contributed by atoms with van der Waals surface area (Å²) in [4.78, 5) is 113. The van der Waals surface area contributed by atoms with Crippen molar-refractivity contribution < 1.29 is 38.4 Å². The fourth-order valence-electron chi connectivity index (χ4n) is 7.05. The van der Waals surface area contributed by atoms with Crippen LogP contribution in [0.1, 0.15) is 123 Å². The molecule has 16 nitrogen and oxygen atoms in total. The Bertz CT molecular complexity index is 1450. The lowest BCUT2D eigenvalue weighted by molar-refractivity contribution is -0.152. The lowest BCUT2D eigenvalue weighted by atomic mass is 9.96. The van der Waals surface area contributed by atoms with E-state index in [1.807, 2.05) is 75.5 Å². The maximum atomic E-state index is 14.3. The fourth-order valence-corrected chi connectivity index (χ4v) is 7.05. The maximum absolute atomic E-state index is 14.3. The molecule has 0 fully saturated rings. The molecule has 60 heavy (non-hydrogen) atoms. The van der Waals surface area contributed by atoms with Gasteiger partial charge in [0.1, 0.15) is 42.3 Å². The van der Waals surface area contributed by atoms with Gasteiger partial charge in [-0.25, -0.2) is 0 Å². The summed E-state index contributed by atoms with van der Waals surface area (Å²) in [5.74, 6) is -3.98. The first kappa shape index (κ1) is 55.9. The summed E-state index contributed by atoms with van der Waals surface area (Å²) in [6, 6.07) is -7.66. The molecule has 0 rings (SSSR count). The van der Waals surface area contributed by atoms with Gasteiger partial charge in [0.25, 0.3) is 0 Å². The molecule has 0 spiro atoms. The SMILES string of the molecule is CC(C)C[C@H](N)C(=O)N[C@H](C(=O)N(C)[C@@H](CC(C)C)C(=O)N[C@@H](C)C(=O)N[C@H](C)C(=O)N(C)[C@@H](CC(C)C)C(=O)N(C)[C@@H](CC(C)C)C(=O)N(C)[C@H]([C]=O)C(C)C)C(C)C. The van der Waals surface area contributed by atoms with Crippen LogP contribution in [0, 0.1) is 35.5 Å². The van der Waals surface area contributed by atoms with E-state index in [0.29, 0.717) is 12.8 Å². The van der Waals surface area contributed by atoms with Gasteiger partial charge in [0, 0.05) is 28.2 Å². The molecule has 345 valence electrons. The van der Waals surface area contributed by atoms with E-state index in [1.165, 1.54) is 61.6 Å². The van der Waals surface area contributed by atoms with Crippen molar-refractivity contribution in [3.63, 3.8) is 0 Å². The zero-order valence-corrected chi connectivity index (χ0v) is 40.0. The highest BCUT2D eigenvalue weighted by Gasteiger charge is 2.40. The molecule has 0 aliphatic carbocycles. The van der Waals surface area contributed by atoms with Crippen molar-refractivity contribution in [2.75, 3.05) is 28.2 Å². The molecule has 0 aromatic rings. The van der Waals surface area contributed by atoms with Crippen LogP contribution in [-0.4, -0.2) is 144 Å². The molecule has 0 saturated carbocycles. The first-order valence-electron chi connectivity index (χ1n) is 21.6. The van der Waals surface area contributed by atoms with Crippen molar-refractivity contribution in [1.82, 2.24) is 35.6 Å². The quantitative estimate of drug-likeness (QED) is 0.106. The molecular formula is C44H81N8O8. The Kier molecular flexibility index (Phi) is 23.9. The van der Waals surface area contributed by atoms with Gasteiger partial charge >= 0.3 is 0 Å². The number of likely N-dealkylation sites (N-methyl/N-ethyl adjacent to an activating group) is 4. The number of carbonyl (C=O) groups is 7. The molecule has 0 aromatic carbocycles. The molecule has 1 radical (unpaired) electrons. The molecule has 0 aliphatic rings. The van der Waals surface area contributed by atoms with E-state index in [4.69, 9.17) is 5.73 Å². The molecule has 16 heteroatoms. The van der Waals surface area contributed by atoms with Gasteiger partial charge < -0.3 is 41.3 Å². The molecule has 0 heterocycles. The first-order chi connectivity index (χ1) is 27.5. The summed E-state index contributed by atoms with van der Waals surface area (Å²) in [6.45, 7) is 25.5. The van der Waals surface area contributed by atoms with Crippen molar-refractivity contribution in [3.8, 4) is 0 Å². The Morgan fingerprint density at radius 1 is 0.450 bits per heavy atom. The van der Waals surface area contributed by atoms with Crippen LogP contribution in [0.25, 0.3) is 0 Å². The number of hydrogen-bond acceptors (Lipinski definition) is 9. The van der Waals surface area contributed by atoms with E-state index in [1.54, 1.807) is 13.8 Å². The highest BCUT2D eigenvalue weighted by atomic mass is 16.2. The van der Waals surface area contributed by atoms with Crippen molar-refractivity contribution in [2.45, 2.75) is 171 Å². The number of carbonyl (C=O) groups excluding carboxylic acids is 8. The Labute approximate surface area is 361 Å². The van der Waals surface area contributed by atoms with Gasteiger partial charge in [0.2, 0.25) is 47.6 Å². The average molecular weight is 850 g/mol. The summed E-state index contributed by atoms with van der Waals surface area (Å²) in [7, 11) is 6.02. The molecule has 0 aliphatic heterocycles. The van der Waals surface area contributed by atoms with E-state index in [0.717, 1.165) is 0 Å². The topological polar surface area (TPSA) is 212 Å². The van der Waals surface area contributed by atoms with E-state index >= 15 is 0 Å². The van der Waals surface area contributed by atoms with Crippen LogP contribution >= 0.6 is 0 Å². The normalized spacial score (nSPS) is 15.8. The summed E-state index contributed by atoms with van der Waals surface area (Å²) in [5, 5.41) is 8.12. The van der Waals surface area contributed by atoms with Gasteiger partial charge in [-0.3, -0.25) is 38.4 Å². The van der Waals surface area contributed by atoms with Crippen LogP contribution in [0.4, 0.5) is 0 Å². The van der Waals surface area contributed by atoms with E-state index in [9.17, 15) is 38.4 Å². The molecule has 8 atom stereocenters. The van der Waals surface area contributed by atoms with Crippen molar-refractivity contribution in [1.29, 1.82) is 0 Å². The van der Waals surface area contributed by atoms with Crippen LogP contribution < -0.4 is 21.7 Å². The minimum Gasteiger partial charge on any atom is -0.343 e. The summed E-state index contributed by atoms with van der Waals surface area (Å²) >= 11 is 0. The van der Waals surface area contributed by atoms with Gasteiger partial charge in [-0.15, -0.1) is 0 Å². The van der Waals surface area contributed by atoms with Crippen LogP contribution in [0.3, 0.4) is 0 Å². The second kappa shape index (κ2) is 25.6. The van der Waals surface area contributed by atoms with Crippen LogP contribution in [0.15, 0.2) is 0 Å². The molecule has 0 aromatic heterocycles. The lowest BCUT2D eigenvalue weighted by Gasteiger charge is -2.38. The van der Waals surface area contributed by atoms with Gasteiger partial charge in [0.05, 0.1) is 6.04 Å². The summed E-state index contributed by atoms with van der Waals surface area (Å²) in [5.41, 5.74) is 6.09. The minimum absolute atomic E-state index is 0.0194. The zero-order valence-electron chi connectivity index (χ0n) is 40.0. The average Bonchev–Trinajstić information content (AvgIpc) is 3.14. The molecule has 0 saturated heterocycles. The number of hydrogen-bond donors (Lipinski definition) is 4. The second-order valence-corrected chi connectivity index (χ2v) is 19.0. The minimum atomic E-state index is -1.12. The summed E-state index contributed by atoms with van der Waals surface area (Å²) in [6.07, 6.45) is 3.23. The number of nitrogens with zero attached hydrogens (tertiary/aromatic N) is 4. The third-order valence-corrected chi connectivity index (χ3v) is 10.7. The van der Waals surface area contributed by atoms with Crippen molar-refractivity contribution >= 4 is 47.6 Å². The molecular weight excluding hydrogens is 769 g/mol. The number of amides is 7. The third kappa shape index (κ3) is 17.1. The van der Waals surface area contributed by atoms with E-state index in [-0.39, 0.29) is 48.3 Å². The van der Waals surface area contributed by atoms with Crippen LogP contribution in [-0.2, 0) is 38.4 Å². The van der Waals surface area contributed by atoms with E-state index in [2.05, 4.69) is 16.0 Å². The van der Waals surface area contributed by atoms with Gasteiger partial charge in [-0.1, -0.05) is 83.1 Å². The Hall–Kier alpha value is -4.08. The predicted octanol–water partition coefficient (Wildman–Crippen LogP) is 2.72. The number of nitrogens with one attached hydrogen (secondary N) is 3. The molecule has 0 bridgehead atoms. The maximum Gasteiger partial charge on any atom is 0.245 e. The first-order valence-corrected chi connectivity index (χ1v) is 21.6. The fraction of sp³-hybridized carbons (Fsp3) is 0.818. The van der Waals surface area contributed by atoms with Gasteiger partial charge in [-0.05, 0) is 75.0 Å². The van der Waals surface area contributed by atoms with Gasteiger partial charge in [0.15, 0.2) is 0 Å². The monoisotopic (exact) mass is 850 g/mol. The predicted molar refractivity (Wildman–Crippen MR) is 235 cm³/mol. The molecule has 5 N–H and O–H groups in total. The Morgan fingerprint density at radius 2 is 0.833 bits per heavy atom. The zero-order chi connectivity index (χ0) is 47.1. The largest absolute Gasteiger partial charge is 0.343 e. The standard InChI is InChI=1S/C44H81N8O8/c1-24(2)19-32(45)39(55)48-37(29(11)12)44(60)49(15)33(20-25(3)4)40(56)46-30(13)38(54)47-31(14)41(57)50(16)34(21-26(5)6)42(58)51(17)35(22-27(7)8)43(59)52(18)36(23-53)28(9)10/h24-37H,19-22,45H2,1-18H3,(H,46,56)(H,47,54)(H,48,55)/t30-,31+,32-,33-,34-,35-,36+,37-/m0/s1. The van der Waals surface area contributed by atoms with Crippen LogP contribution in [0.5, 0.6) is 0 Å². The molecule has 7 amide bonds. The second-order valence-electron chi connectivity index (χ2n) is 19.0. The van der Waals surface area contributed by atoms with E-state index < -0.39 is 89.7 Å². The van der Waals surface area contributed by atoms with Crippen molar-refractivity contribution in [2.24, 2.45) is 41.2 Å². The van der Waals surface area contributed by atoms with Gasteiger partial charge in [-0.2, -0.15) is 0 Å². The number of nitrogens with two attached hydrogens (primary N) is 1. The lowest BCUT2D eigenvalue weighted by Crippen LogP contribution is -2.60. The smallest absolute Gasteiger partial charge is 0.245 e.